The Morgan fingerprint density at radius 2 is 1.89 bits per heavy atom. The van der Waals surface area contributed by atoms with Crippen molar-refractivity contribution in [1.82, 2.24) is 4.98 Å². The molecule has 19 heavy (non-hydrogen) atoms. The Kier molecular flexibility index (Phi) is 2.78. The number of anilines is 1. The Morgan fingerprint density at radius 1 is 1.11 bits per heavy atom. The van der Waals surface area contributed by atoms with Gasteiger partial charge in [0.15, 0.2) is 0 Å². The summed E-state index contributed by atoms with van der Waals surface area (Å²) in [5.74, 6) is 0. The van der Waals surface area contributed by atoms with Crippen LogP contribution in [0.15, 0.2) is 41.3 Å². The third-order valence-electron chi connectivity index (χ3n) is 3.25. The van der Waals surface area contributed by atoms with Crippen molar-refractivity contribution in [3.05, 3.63) is 53.3 Å². The number of aryl methyl sites for hydroxylation is 3. The quantitative estimate of drug-likeness (QED) is 0.802. The van der Waals surface area contributed by atoms with E-state index in [4.69, 9.17) is 0 Å². The number of nitrogens with zero attached hydrogens (tertiary/aromatic N) is 1. The van der Waals surface area contributed by atoms with Crippen LogP contribution in [-0.2, 0) is 22.9 Å². The van der Waals surface area contributed by atoms with Crippen LogP contribution in [-0.4, -0.2) is 13.4 Å². The van der Waals surface area contributed by atoms with Crippen LogP contribution in [0.1, 0.15) is 17.0 Å². The molecular formula is C14H14N2O2S. The highest BCUT2D eigenvalue weighted by Crippen LogP contribution is 2.26. The van der Waals surface area contributed by atoms with E-state index in [9.17, 15) is 8.42 Å². The zero-order valence-corrected chi connectivity index (χ0v) is 11.4. The lowest BCUT2D eigenvalue weighted by Crippen LogP contribution is -2.19. The molecule has 2 aromatic rings. The van der Waals surface area contributed by atoms with Crippen LogP contribution >= 0.6 is 0 Å². The van der Waals surface area contributed by atoms with Crippen LogP contribution < -0.4 is 4.72 Å². The summed E-state index contributed by atoms with van der Waals surface area (Å²) in [6.07, 6.45) is 1.41. The molecule has 0 spiro atoms. The van der Waals surface area contributed by atoms with E-state index >= 15 is 0 Å². The molecule has 0 fully saturated rings. The monoisotopic (exact) mass is 274 g/mol. The minimum atomic E-state index is -3.52. The third kappa shape index (κ3) is 2.21. The minimum Gasteiger partial charge on any atom is -0.278 e. The zero-order valence-electron chi connectivity index (χ0n) is 10.6. The minimum absolute atomic E-state index is 0.362. The van der Waals surface area contributed by atoms with Gasteiger partial charge in [0.05, 0.1) is 16.3 Å². The van der Waals surface area contributed by atoms with Crippen LogP contribution in [0.25, 0.3) is 0 Å². The number of nitrogens with one attached hydrogen (secondary N) is 1. The van der Waals surface area contributed by atoms with Crippen molar-refractivity contribution in [2.75, 3.05) is 4.72 Å². The molecule has 3 rings (SSSR count). The molecule has 4 nitrogen and oxygen atoms in total. The molecule has 0 atom stereocenters. The van der Waals surface area contributed by atoms with Gasteiger partial charge in [-0.15, -0.1) is 0 Å². The number of hydrogen-bond donors (Lipinski definition) is 1. The van der Waals surface area contributed by atoms with Crippen molar-refractivity contribution in [3.8, 4) is 0 Å². The lowest BCUT2D eigenvalue weighted by atomic mass is 10.1. The number of pyridine rings is 1. The summed E-state index contributed by atoms with van der Waals surface area (Å²) < 4.78 is 27.3. The molecule has 1 aliphatic rings. The maximum atomic E-state index is 12.4. The Bertz CT molecular complexity index is 739. The predicted molar refractivity (Wildman–Crippen MR) is 73.6 cm³/mol. The van der Waals surface area contributed by atoms with Gasteiger partial charge in [0, 0.05) is 5.69 Å². The fourth-order valence-corrected chi connectivity index (χ4v) is 3.68. The number of aromatic nitrogens is 1. The van der Waals surface area contributed by atoms with E-state index in [0.717, 1.165) is 23.4 Å². The largest absolute Gasteiger partial charge is 0.278 e. The van der Waals surface area contributed by atoms with Crippen LogP contribution in [0.2, 0.25) is 0 Å². The number of hydrogen-bond acceptors (Lipinski definition) is 3. The standard InChI is InChI=1S/C14H14N2O2S/c1-10-6-8-13-12(15-10)9-7-11-4-2-3-5-14(11)19(17,18)16-13/h2-6,8,16H,7,9H2,1H3. The fourth-order valence-electron chi connectivity index (χ4n) is 2.32. The maximum absolute atomic E-state index is 12.4. The van der Waals surface area contributed by atoms with Gasteiger partial charge in [-0.2, -0.15) is 0 Å². The van der Waals surface area contributed by atoms with E-state index in [0.29, 0.717) is 17.0 Å². The molecule has 1 aromatic carbocycles. The molecule has 1 aliphatic heterocycles. The van der Waals surface area contributed by atoms with E-state index in [-0.39, 0.29) is 0 Å². The summed E-state index contributed by atoms with van der Waals surface area (Å²) in [5, 5.41) is 0. The molecule has 1 aromatic heterocycles. The molecule has 0 aliphatic carbocycles. The third-order valence-corrected chi connectivity index (χ3v) is 4.72. The summed E-state index contributed by atoms with van der Waals surface area (Å²) >= 11 is 0. The Hall–Kier alpha value is -1.88. The molecule has 0 saturated heterocycles. The molecule has 5 heteroatoms. The van der Waals surface area contributed by atoms with Crippen LogP contribution in [0.3, 0.4) is 0 Å². The van der Waals surface area contributed by atoms with Gasteiger partial charge in [-0.1, -0.05) is 18.2 Å². The van der Waals surface area contributed by atoms with E-state index in [2.05, 4.69) is 9.71 Å². The molecule has 0 amide bonds. The molecule has 0 bridgehead atoms. The lowest BCUT2D eigenvalue weighted by molar-refractivity contribution is 0.599. The maximum Gasteiger partial charge on any atom is 0.262 e. The predicted octanol–water partition coefficient (Wildman–Crippen LogP) is 2.29. The fraction of sp³-hybridized carbons (Fsp3) is 0.214. The van der Waals surface area contributed by atoms with Crippen LogP contribution in [0.4, 0.5) is 5.69 Å². The topological polar surface area (TPSA) is 59.1 Å². The summed E-state index contributed by atoms with van der Waals surface area (Å²) in [5.41, 5.74) is 3.12. The first-order valence-electron chi connectivity index (χ1n) is 6.13. The van der Waals surface area contributed by atoms with Gasteiger partial charge in [-0.05, 0) is 43.5 Å². The SMILES string of the molecule is Cc1ccc2c(n1)CCc1ccccc1S(=O)(=O)N2. The number of rotatable bonds is 0. The van der Waals surface area contributed by atoms with E-state index < -0.39 is 10.0 Å². The highest BCUT2D eigenvalue weighted by Gasteiger charge is 2.22. The zero-order chi connectivity index (χ0) is 13.5. The number of benzene rings is 1. The Balaban J connectivity index is 2.16. The molecule has 2 heterocycles. The van der Waals surface area contributed by atoms with Crippen molar-refractivity contribution in [2.45, 2.75) is 24.7 Å². The second kappa shape index (κ2) is 4.35. The van der Waals surface area contributed by atoms with Crippen molar-refractivity contribution >= 4 is 15.7 Å². The molecule has 0 unspecified atom stereocenters. The van der Waals surface area contributed by atoms with Crippen molar-refractivity contribution in [3.63, 3.8) is 0 Å². The first kappa shape index (κ1) is 12.2. The van der Waals surface area contributed by atoms with Gasteiger partial charge < -0.3 is 0 Å². The van der Waals surface area contributed by atoms with Gasteiger partial charge in [-0.3, -0.25) is 9.71 Å². The van der Waals surface area contributed by atoms with Crippen LogP contribution in [0, 0.1) is 6.92 Å². The Labute approximate surface area is 112 Å². The Morgan fingerprint density at radius 3 is 2.74 bits per heavy atom. The van der Waals surface area contributed by atoms with Crippen molar-refractivity contribution in [1.29, 1.82) is 0 Å². The average Bonchev–Trinajstić information content (AvgIpc) is 2.38. The van der Waals surface area contributed by atoms with Crippen molar-refractivity contribution in [2.24, 2.45) is 0 Å². The smallest absolute Gasteiger partial charge is 0.262 e. The first-order valence-corrected chi connectivity index (χ1v) is 7.62. The first-order chi connectivity index (χ1) is 9.06. The highest BCUT2D eigenvalue weighted by molar-refractivity contribution is 7.92. The summed E-state index contributed by atoms with van der Waals surface area (Å²) in [6.45, 7) is 1.90. The number of fused-ring (bicyclic) bond motifs is 2. The lowest BCUT2D eigenvalue weighted by Gasteiger charge is -2.18. The number of sulfonamides is 1. The van der Waals surface area contributed by atoms with Gasteiger partial charge in [0.1, 0.15) is 0 Å². The van der Waals surface area contributed by atoms with E-state index in [1.165, 1.54) is 0 Å². The normalized spacial score (nSPS) is 16.5. The van der Waals surface area contributed by atoms with E-state index in [1.807, 2.05) is 25.1 Å². The summed E-state index contributed by atoms with van der Waals surface area (Å²) in [4.78, 5) is 4.79. The molecule has 98 valence electrons. The summed E-state index contributed by atoms with van der Waals surface area (Å²) in [6, 6.07) is 10.7. The second-order valence-electron chi connectivity index (χ2n) is 4.66. The van der Waals surface area contributed by atoms with E-state index in [1.54, 1.807) is 18.2 Å². The van der Waals surface area contributed by atoms with Gasteiger partial charge in [-0.25, -0.2) is 8.42 Å². The summed E-state index contributed by atoms with van der Waals surface area (Å²) in [7, 11) is -3.52. The molecule has 0 radical (unpaired) electrons. The van der Waals surface area contributed by atoms with Gasteiger partial charge in [0.25, 0.3) is 10.0 Å². The second-order valence-corrected chi connectivity index (χ2v) is 6.31. The highest BCUT2D eigenvalue weighted by atomic mass is 32.2. The van der Waals surface area contributed by atoms with Crippen molar-refractivity contribution < 1.29 is 8.42 Å². The molecule has 0 saturated carbocycles. The van der Waals surface area contributed by atoms with Gasteiger partial charge in [0.2, 0.25) is 0 Å². The average molecular weight is 274 g/mol. The molecular weight excluding hydrogens is 260 g/mol. The van der Waals surface area contributed by atoms with Gasteiger partial charge >= 0.3 is 0 Å². The molecule has 1 N–H and O–H groups in total. The van der Waals surface area contributed by atoms with Crippen LogP contribution in [0.5, 0.6) is 0 Å².